The van der Waals surface area contributed by atoms with Crippen molar-refractivity contribution in [2.75, 3.05) is 5.32 Å². The van der Waals surface area contributed by atoms with E-state index in [-0.39, 0.29) is 12.3 Å². The Labute approximate surface area is 119 Å². The lowest BCUT2D eigenvalue weighted by Crippen LogP contribution is -2.17. The van der Waals surface area contributed by atoms with Crippen molar-refractivity contribution >= 4 is 28.3 Å². The number of nitrogens with one attached hydrogen (secondary N) is 1. The summed E-state index contributed by atoms with van der Waals surface area (Å²) in [6.07, 6.45) is 2.30. The van der Waals surface area contributed by atoms with E-state index < -0.39 is 5.97 Å². The second-order valence-electron chi connectivity index (χ2n) is 4.11. The molecule has 8 heteroatoms. The molecule has 2 aromatic heterocycles. The van der Waals surface area contributed by atoms with E-state index in [0.717, 1.165) is 6.42 Å². The summed E-state index contributed by atoms with van der Waals surface area (Å²) in [6.45, 7) is 2.67. The first-order valence-electron chi connectivity index (χ1n) is 6.09. The molecule has 0 aliphatic carbocycles. The minimum Gasteiger partial charge on any atom is -0.481 e. The van der Waals surface area contributed by atoms with Crippen molar-refractivity contribution in [2.45, 2.75) is 26.3 Å². The van der Waals surface area contributed by atoms with Crippen molar-refractivity contribution in [3.8, 4) is 0 Å². The molecule has 0 spiro atoms. The summed E-state index contributed by atoms with van der Waals surface area (Å²) in [5, 5.41) is 17.4. The van der Waals surface area contributed by atoms with Crippen molar-refractivity contribution in [3.63, 3.8) is 0 Å². The molecule has 2 aromatic rings. The predicted octanol–water partition coefficient (Wildman–Crippen LogP) is 1.63. The van der Waals surface area contributed by atoms with E-state index in [9.17, 15) is 9.59 Å². The number of anilines is 1. The maximum atomic E-state index is 12.1. The van der Waals surface area contributed by atoms with Crippen LogP contribution >= 0.6 is 11.3 Å². The van der Waals surface area contributed by atoms with Crippen LogP contribution in [0.1, 0.15) is 29.5 Å². The van der Waals surface area contributed by atoms with Gasteiger partial charge in [-0.1, -0.05) is 6.92 Å². The van der Waals surface area contributed by atoms with Gasteiger partial charge in [-0.05, 0) is 12.5 Å². The number of carboxylic acids is 1. The zero-order chi connectivity index (χ0) is 14.5. The van der Waals surface area contributed by atoms with Crippen LogP contribution < -0.4 is 5.32 Å². The minimum absolute atomic E-state index is 0.153. The van der Waals surface area contributed by atoms with E-state index >= 15 is 0 Å². The number of carbonyl (C=O) groups excluding carboxylic acids is 1. The van der Waals surface area contributed by atoms with Crippen LogP contribution in [0, 0.1) is 0 Å². The van der Waals surface area contributed by atoms with Gasteiger partial charge in [0.2, 0.25) is 0 Å². The first kappa shape index (κ1) is 14.2. The number of thiazole rings is 1. The molecule has 1 amide bonds. The summed E-state index contributed by atoms with van der Waals surface area (Å²) in [7, 11) is 0. The summed E-state index contributed by atoms with van der Waals surface area (Å²) >= 11 is 1.20. The Bertz CT molecular complexity index is 620. The highest BCUT2D eigenvalue weighted by molar-refractivity contribution is 7.14. The number of aromatic nitrogens is 3. The third kappa shape index (κ3) is 3.41. The van der Waals surface area contributed by atoms with Gasteiger partial charge in [-0.25, -0.2) is 4.98 Å². The largest absolute Gasteiger partial charge is 0.481 e. The molecule has 0 bridgehead atoms. The van der Waals surface area contributed by atoms with E-state index in [2.05, 4.69) is 15.4 Å². The molecule has 7 nitrogen and oxygen atoms in total. The minimum atomic E-state index is -0.950. The van der Waals surface area contributed by atoms with E-state index in [1.165, 1.54) is 11.3 Å². The third-order valence-corrected chi connectivity index (χ3v) is 3.30. The van der Waals surface area contributed by atoms with Crippen LogP contribution in [-0.2, 0) is 17.8 Å². The number of aliphatic carboxylic acids is 1. The summed E-state index contributed by atoms with van der Waals surface area (Å²) < 4.78 is 1.63. The molecule has 2 N–H and O–H groups in total. The molecule has 0 saturated carbocycles. The van der Waals surface area contributed by atoms with Crippen molar-refractivity contribution in [1.82, 2.24) is 14.8 Å². The van der Waals surface area contributed by atoms with Gasteiger partial charge in [0.1, 0.15) is 5.69 Å². The Morgan fingerprint density at radius 3 is 3.00 bits per heavy atom. The van der Waals surface area contributed by atoms with Crippen molar-refractivity contribution in [1.29, 1.82) is 0 Å². The van der Waals surface area contributed by atoms with Crippen LogP contribution in [0.15, 0.2) is 17.6 Å². The number of aryl methyl sites for hydroxylation is 1. The lowest BCUT2D eigenvalue weighted by Gasteiger charge is -2.05. The Kier molecular flexibility index (Phi) is 4.46. The SMILES string of the molecule is CCCn1nccc1C(=O)Nc1nc(CC(=O)O)cs1. The smallest absolute Gasteiger partial charge is 0.309 e. The lowest BCUT2D eigenvalue weighted by molar-refractivity contribution is -0.136. The normalized spacial score (nSPS) is 10.4. The maximum absolute atomic E-state index is 12.1. The van der Waals surface area contributed by atoms with E-state index in [1.807, 2.05) is 6.92 Å². The summed E-state index contributed by atoms with van der Waals surface area (Å²) in [6, 6.07) is 1.64. The molecule has 0 atom stereocenters. The molecule has 0 radical (unpaired) electrons. The van der Waals surface area contributed by atoms with Gasteiger partial charge < -0.3 is 5.11 Å². The second kappa shape index (κ2) is 6.29. The Hall–Kier alpha value is -2.22. The second-order valence-corrected chi connectivity index (χ2v) is 4.97. The maximum Gasteiger partial charge on any atom is 0.309 e. The number of nitrogens with zero attached hydrogens (tertiary/aromatic N) is 3. The lowest BCUT2D eigenvalue weighted by atomic mass is 10.3. The van der Waals surface area contributed by atoms with Crippen molar-refractivity contribution < 1.29 is 14.7 Å². The molecular formula is C12H14N4O3S. The van der Waals surface area contributed by atoms with Crippen LogP contribution in [0.4, 0.5) is 5.13 Å². The number of hydrogen-bond donors (Lipinski definition) is 2. The van der Waals surface area contributed by atoms with Gasteiger partial charge in [0.25, 0.3) is 5.91 Å². The molecule has 2 rings (SSSR count). The van der Waals surface area contributed by atoms with Gasteiger partial charge in [-0.15, -0.1) is 11.3 Å². The molecule has 20 heavy (non-hydrogen) atoms. The van der Waals surface area contributed by atoms with Crippen LogP contribution in [0.2, 0.25) is 0 Å². The van der Waals surface area contributed by atoms with E-state index in [4.69, 9.17) is 5.11 Å². The monoisotopic (exact) mass is 294 g/mol. The Balaban J connectivity index is 2.05. The highest BCUT2D eigenvalue weighted by Gasteiger charge is 2.14. The van der Waals surface area contributed by atoms with Gasteiger partial charge in [-0.2, -0.15) is 5.10 Å². The first-order valence-corrected chi connectivity index (χ1v) is 6.97. The van der Waals surface area contributed by atoms with Gasteiger partial charge >= 0.3 is 5.97 Å². The van der Waals surface area contributed by atoms with Crippen LogP contribution in [0.25, 0.3) is 0 Å². The van der Waals surface area contributed by atoms with E-state index in [1.54, 1.807) is 22.3 Å². The highest BCUT2D eigenvalue weighted by Crippen LogP contribution is 2.17. The van der Waals surface area contributed by atoms with Gasteiger partial charge in [0.05, 0.1) is 12.1 Å². The molecule has 0 saturated heterocycles. The Morgan fingerprint density at radius 1 is 1.50 bits per heavy atom. The van der Waals surface area contributed by atoms with Crippen molar-refractivity contribution in [2.24, 2.45) is 0 Å². The molecule has 0 aromatic carbocycles. The fourth-order valence-electron chi connectivity index (χ4n) is 1.68. The third-order valence-electron chi connectivity index (χ3n) is 2.49. The number of rotatable bonds is 6. The quantitative estimate of drug-likeness (QED) is 0.844. The number of amides is 1. The fourth-order valence-corrected chi connectivity index (χ4v) is 2.38. The standard InChI is InChI=1S/C12H14N4O3S/c1-2-5-16-9(3-4-13-16)11(19)15-12-14-8(7-20-12)6-10(17)18/h3-4,7H,2,5-6H2,1H3,(H,17,18)(H,14,15,19). The zero-order valence-corrected chi connectivity index (χ0v) is 11.7. The molecular weight excluding hydrogens is 280 g/mol. The van der Waals surface area contributed by atoms with Crippen LogP contribution in [-0.4, -0.2) is 31.7 Å². The summed E-state index contributed by atoms with van der Waals surface area (Å²) in [4.78, 5) is 26.7. The van der Waals surface area contributed by atoms with Gasteiger partial charge in [0.15, 0.2) is 5.13 Å². The molecule has 0 fully saturated rings. The molecule has 2 heterocycles. The first-order chi connectivity index (χ1) is 9.60. The zero-order valence-electron chi connectivity index (χ0n) is 10.9. The number of hydrogen-bond acceptors (Lipinski definition) is 5. The number of carbonyl (C=O) groups is 2. The topological polar surface area (TPSA) is 97.1 Å². The fraction of sp³-hybridized carbons (Fsp3) is 0.333. The molecule has 0 aliphatic heterocycles. The molecule has 0 aliphatic rings. The van der Waals surface area contributed by atoms with Gasteiger partial charge in [0, 0.05) is 18.1 Å². The van der Waals surface area contributed by atoms with Gasteiger partial charge in [-0.3, -0.25) is 19.6 Å². The average Bonchev–Trinajstić information content (AvgIpc) is 2.98. The predicted molar refractivity (Wildman–Crippen MR) is 73.9 cm³/mol. The average molecular weight is 294 g/mol. The highest BCUT2D eigenvalue weighted by atomic mass is 32.1. The van der Waals surface area contributed by atoms with Crippen molar-refractivity contribution in [3.05, 3.63) is 29.0 Å². The Morgan fingerprint density at radius 2 is 2.30 bits per heavy atom. The summed E-state index contributed by atoms with van der Waals surface area (Å²) in [5.41, 5.74) is 0.890. The molecule has 0 unspecified atom stereocenters. The number of carboxylic acid groups (broad SMARTS) is 1. The summed E-state index contributed by atoms with van der Waals surface area (Å²) in [5.74, 6) is -1.25. The molecule has 106 valence electrons. The van der Waals surface area contributed by atoms with Crippen LogP contribution in [0.5, 0.6) is 0 Å². The van der Waals surface area contributed by atoms with E-state index in [0.29, 0.717) is 23.1 Å². The van der Waals surface area contributed by atoms with Crippen LogP contribution in [0.3, 0.4) is 0 Å².